The van der Waals surface area contributed by atoms with Gasteiger partial charge in [0.2, 0.25) is 0 Å². The monoisotopic (exact) mass is 158 g/mol. The number of nitrogens with two attached hydrogens (primary N) is 1. The SMILES string of the molecule is C=C(N)COCCNC(C)C. The molecule has 0 aliphatic heterocycles. The van der Waals surface area contributed by atoms with Crippen molar-refractivity contribution in [3.8, 4) is 0 Å². The van der Waals surface area contributed by atoms with Gasteiger partial charge in [0.1, 0.15) is 0 Å². The summed E-state index contributed by atoms with van der Waals surface area (Å²) in [6.45, 7) is 9.73. The van der Waals surface area contributed by atoms with Crippen LogP contribution in [0.15, 0.2) is 12.3 Å². The summed E-state index contributed by atoms with van der Waals surface area (Å²) in [6, 6.07) is 0.514. The third-order valence-corrected chi connectivity index (χ3v) is 1.09. The van der Waals surface area contributed by atoms with Gasteiger partial charge in [-0.25, -0.2) is 0 Å². The van der Waals surface area contributed by atoms with Crippen molar-refractivity contribution in [1.82, 2.24) is 5.32 Å². The fraction of sp³-hybridized carbons (Fsp3) is 0.750. The minimum absolute atomic E-state index is 0.458. The molecule has 0 fully saturated rings. The number of nitrogens with one attached hydrogen (secondary N) is 1. The molecule has 0 aromatic carbocycles. The van der Waals surface area contributed by atoms with Crippen molar-refractivity contribution in [1.29, 1.82) is 0 Å². The molecule has 0 saturated heterocycles. The molecule has 3 heteroatoms. The van der Waals surface area contributed by atoms with Crippen LogP contribution in [0.4, 0.5) is 0 Å². The van der Waals surface area contributed by atoms with Crippen LogP contribution in [-0.4, -0.2) is 25.8 Å². The lowest BCUT2D eigenvalue weighted by atomic mass is 10.4. The van der Waals surface area contributed by atoms with Crippen LogP contribution in [0.2, 0.25) is 0 Å². The molecule has 0 amide bonds. The van der Waals surface area contributed by atoms with Crippen molar-refractivity contribution < 1.29 is 4.74 Å². The molecule has 0 bridgehead atoms. The Bertz CT molecular complexity index is 113. The quantitative estimate of drug-likeness (QED) is 0.552. The van der Waals surface area contributed by atoms with E-state index in [0.717, 1.165) is 6.54 Å². The molecular weight excluding hydrogens is 140 g/mol. The molecule has 66 valence electrons. The van der Waals surface area contributed by atoms with Crippen LogP contribution in [0.3, 0.4) is 0 Å². The summed E-state index contributed by atoms with van der Waals surface area (Å²) in [5.41, 5.74) is 5.87. The number of hydrogen-bond donors (Lipinski definition) is 2. The van der Waals surface area contributed by atoms with E-state index in [2.05, 4.69) is 25.7 Å². The second-order valence-corrected chi connectivity index (χ2v) is 2.82. The van der Waals surface area contributed by atoms with E-state index in [4.69, 9.17) is 10.5 Å². The van der Waals surface area contributed by atoms with Crippen molar-refractivity contribution in [2.75, 3.05) is 19.8 Å². The first-order valence-corrected chi connectivity index (χ1v) is 3.87. The zero-order valence-electron chi connectivity index (χ0n) is 7.39. The van der Waals surface area contributed by atoms with Gasteiger partial charge in [-0.3, -0.25) is 0 Å². The molecule has 0 aromatic heterocycles. The third kappa shape index (κ3) is 9.46. The maximum absolute atomic E-state index is 5.29. The standard InChI is InChI=1S/C8H18N2O/c1-7(2)10-4-5-11-6-8(3)9/h7,10H,3-6,9H2,1-2H3. The van der Waals surface area contributed by atoms with Crippen LogP contribution in [-0.2, 0) is 4.74 Å². The van der Waals surface area contributed by atoms with E-state index in [-0.39, 0.29) is 0 Å². The maximum Gasteiger partial charge on any atom is 0.0854 e. The van der Waals surface area contributed by atoms with E-state index in [1.165, 1.54) is 0 Å². The Kier molecular flexibility index (Phi) is 5.88. The molecule has 0 rings (SSSR count). The average molecular weight is 158 g/mol. The largest absolute Gasteiger partial charge is 0.401 e. The van der Waals surface area contributed by atoms with Crippen LogP contribution < -0.4 is 11.1 Å². The fourth-order valence-corrected chi connectivity index (χ4v) is 0.623. The Morgan fingerprint density at radius 3 is 2.73 bits per heavy atom. The zero-order chi connectivity index (χ0) is 8.69. The molecule has 0 radical (unpaired) electrons. The van der Waals surface area contributed by atoms with Crippen molar-refractivity contribution in [3.63, 3.8) is 0 Å². The van der Waals surface area contributed by atoms with Crippen molar-refractivity contribution in [2.24, 2.45) is 5.73 Å². The number of hydrogen-bond acceptors (Lipinski definition) is 3. The second-order valence-electron chi connectivity index (χ2n) is 2.82. The maximum atomic E-state index is 5.29. The molecule has 3 nitrogen and oxygen atoms in total. The number of rotatable bonds is 6. The van der Waals surface area contributed by atoms with Gasteiger partial charge < -0.3 is 15.8 Å². The lowest BCUT2D eigenvalue weighted by molar-refractivity contribution is 0.155. The lowest BCUT2D eigenvalue weighted by Gasteiger charge is -2.07. The van der Waals surface area contributed by atoms with Crippen LogP contribution in [0, 0.1) is 0 Å². The van der Waals surface area contributed by atoms with E-state index in [9.17, 15) is 0 Å². The summed E-state index contributed by atoms with van der Waals surface area (Å²) < 4.78 is 5.16. The molecule has 0 spiro atoms. The molecule has 0 aliphatic rings. The van der Waals surface area contributed by atoms with Crippen molar-refractivity contribution in [3.05, 3.63) is 12.3 Å². The average Bonchev–Trinajstić information content (AvgIpc) is 1.85. The topological polar surface area (TPSA) is 47.3 Å². The van der Waals surface area contributed by atoms with Crippen LogP contribution in [0.5, 0.6) is 0 Å². The van der Waals surface area contributed by atoms with Gasteiger partial charge in [0, 0.05) is 18.3 Å². The molecule has 11 heavy (non-hydrogen) atoms. The van der Waals surface area contributed by atoms with Crippen LogP contribution >= 0.6 is 0 Å². The first-order valence-electron chi connectivity index (χ1n) is 3.87. The molecule has 0 aliphatic carbocycles. The number of ether oxygens (including phenoxy) is 1. The molecular formula is C8H18N2O. The van der Waals surface area contributed by atoms with Gasteiger partial charge in [-0.15, -0.1) is 0 Å². The fourth-order valence-electron chi connectivity index (χ4n) is 0.623. The third-order valence-electron chi connectivity index (χ3n) is 1.09. The Morgan fingerprint density at radius 1 is 1.64 bits per heavy atom. The van der Waals surface area contributed by atoms with Gasteiger partial charge in [0.15, 0.2) is 0 Å². The van der Waals surface area contributed by atoms with E-state index in [0.29, 0.717) is 25.0 Å². The Morgan fingerprint density at radius 2 is 2.27 bits per heavy atom. The van der Waals surface area contributed by atoms with Gasteiger partial charge in [-0.2, -0.15) is 0 Å². The normalized spacial score (nSPS) is 10.5. The second kappa shape index (κ2) is 6.19. The summed E-state index contributed by atoms with van der Waals surface area (Å²) in [4.78, 5) is 0. The van der Waals surface area contributed by atoms with Gasteiger partial charge in [-0.1, -0.05) is 20.4 Å². The van der Waals surface area contributed by atoms with Crippen LogP contribution in [0.25, 0.3) is 0 Å². The smallest absolute Gasteiger partial charge is 0.0854 e. The molecule has 0 unspecified atom stereocenters. The van der Waals surface area contributed by atoms with Crippen molar-refractivity contribution >= 4 is 0 Å². The summed E-state index contributed by atoms with van der Waals surface area (Å²) in [5.74, 6) is 0. The van der Waals surface area contributed by atoms with E-state index >= 15 is 0 Å². The highest BCUT2D eigenvalue weighted by Crippen LogP contribution is 1.81. The predicted octanol–water partition coefficient (Wildman–Crippen LogP) is 0.473. The first-order chi connectivity index (χ1) is 5.13. The highest BCUT2D eigenvalue weighted by atomic mass is 16.5. The molecule has 0 aromatic rings. The summed E-state index contributed by atoms with van der Waals surface area (Å²) in [6.07, 6.45) is 0. The summed E-state index contributed by atoms with van der Waals surface area (Å²) in [7, 11) is 0. The zero-order valence-corrected chi connectivity index (χ0v) is 7.39. The predicted molar refractivity (Wildman–Crippen MR) is 47.3 cm³/mol. The van der Waals surface area contributed by atoms with E-state index in [1.807, 2.05) is 0 Å². The van der Waals surface area contributed by atoms with Gasteiger partial charge in [0.25, 0.3) is 0 Å². The molecule has 0 saturated carbocycles. The van der Waals surface area contributed by atoms with Crippen LogP contribution in [0.1, 0.15) is 13.8 Å². The van der Waals surface area contributed by atoms with Crippen molar-refractivity contribution in [2.45, 2.75) is 19.9 Å². The highest BCUT2D eigenvalue weighted by molar-refractivity contribution is 4.85. The minimum Gasteiger partial charge on any atom is -0.401 e. The molecule has 0 atom stereocenters. The summed E-state index contributed by atoms with van der Waals surface area (Å²) >= 11 is 0. The highest BCUT2D eigenvalue weighted by Gasteiger charge is 1.91. The van der Waals surface area contributed by atoms with E-state index in [1.54, 1.807) is 0 Å². The Balaban J connectivity index is 2.97. The molecule has 0 heterocycles. The first kappa shape index (κ1) is 10.5. The van der Waals surface area contributed by atoms with Gasteiger partial charge in [-0.05, 0) is 0 Å². The van der Waals surface area contributed by atoms with Gasteiger partial charge >= 0.3 is 0 Å². The minimum atomic E-state index is 0.458. The summed E-state index contributed by atoms with van der Waals surface area (Å²) in [5, 5.41) is 3.22. The lowest BCUT2D eigenvalue weighted by Crippen LogP contribution is -2.27. The Hall–Kier alpha value is -0.540. The van der Waals surface area contributed by atoms with E-state index < -0.39 is 0 Å². The Labute approximate surface area is 68.6 Å². The van der Waals surface area contributed by atoms with Gasteiger partial charge in [0.05, 0.1) is 13.2 Å². The molecule has 3 N–H and O–H groups in total.